The fraction of sp³-hybridized carbons (Fsp3) is 0.273. The summed E-state index contributed by atoms with van der Waals surface area (Å²) in [5.41, 5.74) is 0.764. The maximum atomic E-state index is 11.1. The fourth-order valence-electron chi connectivity index (χ4n) is 1.16. The van der Waals surface area contributed by atoms with Crippen LogP contribution in [0.15, 0.2) is 24.3 Å². The summed E-state index contributed by atoms with van der Waals surface area (Å²) in [5.74, 6) is -0.173. The Morgan fingerprint density at radius 3 is 2.62 bits per heavy atom. The highest BCUT2D eigenvalue weighted by atomic mass is 35.5. The Labute approximate surface area is 99.2 Å². The minimum atomic E-state index is -0.541. The fourth-order valence-corrected chi connectivity index (χ4v) is 1.29. The lowest BCUT2D eigenvalue weighted by Crippen LogP contribution is -2.27. The molecule has 16 heavy (non-hydrogen) atoms. The SMILES string of the molecule is CNC(=O)CC(C#N)Nc1ccc(Cl)cc1. The van der Waals surface area contributed by atoms with Gasteiger partial charge in [0.15, 0.2) is 0 Å². The number of rotatable bonds is 4. The lowest BCUT2D eigenvalue weighted by atomic mass is 10.2. The van der Waals surface area contributed by atoms with Crippen LogP contribution >= 0.6 is 11.6 Å². The lowest BCUT2D eigenvalue weighted by molar-refractivity contribution is -0.120. The summed E-state index contributed by atoms with van der Waals surface area (Å²) in [7, 11) is 1.54. The van der Waals surface area contributed by atoms with Crippen LogP contribution in [0.3, 0.4) is 0 Å². The zero-order valence-corrected chi connectivity index (χ0v) is 9.58. The first kappa shape index (κ1) is 12.3. The molecule has 1 aromatic carbocycles. The van der Waals surface area contributed by atoms with Gasteiger partial charge in [-0.2, -0.15) is 5.26 Å². The van der Waals surface area contributed by atoms with Gasteiger partial charge in [0.1, 0.15) is 6.04 Å². The van der Waals surface area contributed by atoms with Crippen LogP contribution < -0.4 is 10.6 Å². The molecule has 0 aromatic heterocycles. The van der Waals surface area contributed by atoms with E-state index in [1.54, 1.807) is 31.3 Å². The Bertz CT molecular complexity index is 397. The molecular formula is C11H12ClN3O. The highest BCUT2D eigenvalue weighted by molar-refractivity contribution is 6.30. The molecule has 1 amide bonds. The summed E-state index contributed by atoms with van der Waals surface area (Å²) >= 11 is 5.73. The van der Waals surface area contributed by atoms with E-state index in [-0.39, 0.29) is 12.3 Å². The van der Waals surface area contributed by atoms with E-state index in [2.05, 4.69) is 10.6 Å². The van der Waals surface area contributed by atoms with Crippen molar-refractivity contribution in [1.82, 2.24) is 5.32 Å². The second-order valence-electron chi connectivity index (χ2n) is 3.21. The predicted molar refractivity (Wildman–Crippen MR) is 63.2 cm³/mol. The van der Waals surface area contributed by atoms with Crippen LogP contribution in [0.2, 0.25) is 5.02 Å². The molecule has 0 radical (unpaired) electrons. The van der Waals surface area contributed by atoms with Crippen molar-refractivity contribution in [3.05, 3.63) is 29.3 Å². The van der Waals surface area contributed by atoms with Crippen molar-refractivity contribution in [3.8, 4) is 6.07 Å². The molecule has 1 rings (SSSR count). The van der Waals surface area contributed by atoms with Crippen molar-refractivity contribution in [1.29, 1.82) is 5.26 Å². The third kappa shape index (κ3) is 3.79. The number of nitrogens with one attached hydrogen (secondary N) is 2. The van der Waals surface area contributed by atoms with Crippen molar-refractivity contribution in [2.24, 2.45) is 0 Å². The second kappa shape index (κ2) is 5.99. The highest BCUT2D eigenvalue weighted by Crippen LogP contribution is 2.14. The number of anilines is 1. The van der Waals surface area contributed by atoms with Gasteiger partial charge in [0.05, 0.1) is 12.5 Å². The first-order valence-corrected chi connectivity index (χ1v) is 5.16. The van der Waals surface area contributed by atoms with Crippen LogP contribution in [0.25, 0.3) is 0 Å². The van der Waals surface area contributed by atoms with Crippen molar-refractivity contribution < 1.29 is 4.79 Å². The quantitative estimate of drug-likeness (QED) is 0.839. The molecule has 1 aromatic rings. The summed E-state index contributed by atoms with van der Waals surface area (Å²) < 4.78 is 0. The monoisotopic (exact) mass is 237 g/mol. The van der Waals surface area contributed by atoms with E-state index in [1.165, 1.54) is 0 Å². The molecule has 5 heteroatoms. The van der Waals surface area contributed by atoms with Crippen molar-refractivity contribution in [3.63, 3.8) is 0 Å². The van der Waals surface area contributed by atoms with Crippen LogP contribution in [-0.4, -0.2) is 19.0 Å². The largest absolute Gasteiger partial charge is 0.369 e. The van der Waals surface area contributed by atoms with Crippen LogP contribution in [-0.2, 0) is 4.79 Å². The topological polar surface area (TPSA) is 64.9 Å². The molecule has 0 spiro atoms. The minimum absolute atomic E-state index is 0.121. The Hall–Kier alpha value is -1.73. The maximum Gasteiger partial charge on any atom is 0.222 e. The van der Waals surface area contributed by atoms with E-state index < -0.39 is 6.04 Å². The van der Waals surface area contributed by atoms with Gasteiger partial charge in [0.2, 0.25) is 5.91 Å². The van der Waals surface area contributed by atoms with E-state index in [4.69, 9.17) is 16.9 Å². The van der Waals surface area contributed by atoms with E-state index in [0.29, 0.717) is 5.02 Å². The number of carbonyl (C=O) groups is 1. The first-order valence-electron chi connectivity index (χ1n) is 4.78. The summed E-state index contributed by atoms with van der Waals surface area (Å²) in [4.78, 5) is 11.1. The average molecular weight is 238 g/mol. The second-order valence-corrected chi connectivity index (χ2v) is 3.65. The predicted octanol–water partition coefficient (Wildman–Crippen LogP) is 1.78. The molecule has 0 aliphatic carbocycles. The molecular weight excluding hydrogens is 226 g/mol. The Balaban J connectivity index is 2.60. The average Bonchev–Trinajstić information content (AvgIpc) is 2.30. The van der Waals surface area contributed by atoms with Gasteiger partial charge in [-0.3, -0.25) is 4.79 Å². The molecule has 0 bridgehead atoms. The highest BCUT2D eigenvalue weighted by Gasteiger charge is 2.11. The zero-order chi connectivity index (χ0) is 12.0. The Kier molecular flexibility index (Phi) is 4.62. The van der Waals surface area contributed by atoms with Crippen molar-refractivity contribution in [2.75, 3.05) is 12.4 Å². The summed E-state index contributed by atoms with van der Waals surface area (Å²) in [5, 5.41) is 14.9. The van der Waals surface area contributed by atoms with Gasteiger partial charge in [-0.25, -0.2) is 0 Å². The molecule has 2 N–H and O–H groups in total. The van der Waals surface area contributed by atoms with Gasteiger partial charge < -0.3 is 10.6 Å². The summed E-state index contributed by atoms with van der Waals surface area (Å²) in [6, 6.07) is 8.45. The number of benzene rings is 1. The van der Waals surface area contributed by atoms with E-state index in [1.807, 2.05) is 6.07 Å². The molecule has 4 nitrogen and oxygen atoms in total. The number of carbonyl (C=O) groups excluding carboxylic acids is 1. The van der Waals surface area contributed by atoms with Gasteiger partial charge in [0, 0.05) is 17.8 Å². The molecule has 0 heterocycles. The normalized spacial score (nSPS) is 11.3. The molecule has 1 atom stereocenters. The molecule has 0 fully saturated rings. The maximum absolute atomic E-state index is 11.1. The third-order valence-corrected chi connectivity index (χ3v) is 2.26. The third-order valence-electron chi connectivity index (χ3n) is 2.01. The number of hydrogen-bond donors (Lipinski definition) is 2. The van der Waals surface area contributed by atoms with Crippen LogP contribution in [0.4, 0.5) is 5.69 Å². The number of amides is 1. The summed E-state index contributed by atoms with van der Waals surface area (Å²) in [6.07, 6.45) is 0.121. The number of halogens is 1. The smallest absolute Gasteiger partial charge is 0.222 e. The standard InChI is InChI=1S/C11H12ClN3O/c1-14-11(16)6-10(7-13)15-9-4-2-8(12)3-5-9/h2-5,10,15H,6H2,1H3,(H,14,16). The molecule has 0 saturated heterocycles. The van der Waals surface area contributed by atoms with Gasteiger partial charge in [-0.05, 0) is 24.3 Å². The number of nitriles is 1. The Morgan fingerprint density at radius 2 is 2.12 bits per heavy atom. The summed E-state index contributed by atoms with van der Waals surface area (Å²) in [6.45, 7) is 0. The van der Waals surface area contributed by atoms with Crippen LogP contribution in [0.5, 0.6) is 0 Å². The van der Waals surface area contributed by atoms with E-state index in [9.17, 15) is 4.79 Å². The van der Waals surface area contributed by atoms with Crippen molar-refractivity contribution >= 4 is 23.2 Å². The first-order chi connectivity index (χ1) is 7.65. The van der Waals surface area contributed by atoms with Gasteiger partial charge in [0.25, 0.3) is 0 Å². The Morgan fingerprint density at radius 1 is 1.50 bits per heavy atom. The van der Waals surface area contributed by atoms with E-state index in [0.717, 1.165) is 5.69 Å². The molecule has 0 aliphatic heterocycles. The zero-order valence-electron chi connectivity index (χ0n) is 8.83. The minimum Gasteiger partial charge on any atom is -0.369 e. The number of hydrogen-bond acceptors (Lipinski definition) is 3. The molecule has 0 saturated carbocycles. The van der Waals surface area contributed by atoms with Crippen molar-refractivity contribution in [2.45, 2.75) is 12.5 Å². The molecule has 1 unspecified atom stereocenters. The van der Waals surface area contributed by atoms with Gasteiger partial charge in [-0.15, -0.1) is 0 Å². The lowest BCUT2D eigenvalue weighted by Gasteiger charge is -2.11. The van der Waals surface area contributed by atoms with E-state index >= 15 is 0 Å². The van der Waals surface area contributed by atoms with Gasteiger partial charge in [-0.1, -0.05) is 11.6 Å². The van der Waals surface area contributed by atoms with Crippen LogP contribution in [0, 0.1) is 11.3 Å². The van der Waals surface area contributed by atoms with Gasteiger partial charge >= 0.3 is 0 Å². The van der Waals surface area contributed by atoms with Crippen LogP contribution in [0.1, 0.15) is 6.42 Å². The molecule has 0 aliphatic rings. The number of nitrogens with zero attached hydrogens (tertiary/aromatic N) is 1. The molecule has 84 valence electrons.